The number of hydrogen-bond donors (Lipinski definition) is 2. The molecule has 0 aliphatic carbocycles. The third-order valence-corrected chi connectivity index (χ3v) is 3.70. The molecule has 0 radical (unpaired) electrons. The summed E-state index contributed by atoms with van der Waals surface area (Å²) < 4.78 is 9.98. The van der Waals surface area contributed by atoms with Crippen LogP contribution in [0.1, 0.15) is 18.5 Å². The Kier molecular flexibility index (Phi) is 4.69. The lowest BCUT2D eigenvalue weighted by atomic mass is 9.95. The van der Waals surface area contributed by atoms with Gasteiger partial charge in [0.2, 0.25) is 0 Å². The first-order valence-corrected chi connectivity index (χ1v) is 6.96. The van der Waals surface area contributed by atoms with Gasteiger partial charge in [0, 0.05) is 5.70 Å². The molecule has 1 heterocycles. The van der Waals surface area contributed by atoms with Crippen molar-refractivity contribution in [1.82, 2.24) is 10.6 Å². The van der Waals surface area contributed by atoms with Crippen LogP contribution in [-0.4, -0.2) is 25.3 Å². The first kappa shape index (κ1) is 15.6. The van der Waals surface area contributed by atoms with E-state index in [4.69, 9.17) is 33.3 Å². The topological polar surface area (TPSA) is 59.6 Å². The number of esters is 1. The quantitative estimate of drug-likeness (QED) is 0.656. The van der Waals surface area contributed by atoms with Crippen molar-refractivity contribution in [2.24, 2.45) is 0 Å². The predicted molar refractivity (Wildman–Crippen MR) is 84.3 cm³/mol. The predicted octanol–water partition coefficient (Wildman–Crippen LogP) is 2.31. The zero-order valence-electron chi connectivity index (χ0n) is 11.8. The molecule has 1 aromatic carbocycles. The summed E-state index contributed by atoms with van der Waals surface area (Å²) in [5.74, 6) is 0.143. The second-order valence-electron chi connectivity index (χ2n) is 4.46. The van der Waals surface area contributed by atoms with Crippen molar-refractivity contribution in [2.75, 3.05) is 14.2 Å². The number of rotatable bonds is 3. The smallest absolute Gasteiger partial charge is 0.337 e. The number of ether oxygens (including phenoxy) is 2. The SMILES string of the molecule is COC(=O)C1=C(C)NC(=S)N[C@H]1c1ccc(OC)c(Cl)c1. The standard InChI is InChI=1S/C14H15ClN2O3S/c1-7-11(13(18)20-3)12(17-14(21)16-7)8-4-5-10(19-2)9(15)6-8/h4-6,12H,1-3H3,(H2,16,17,21)/t12-/m0/s1. The van der Waals surface area contributed by atoms with Gasteiger partial charge in [0.05, 0.1) is 30.9 Å². The van der Waals surface area contributed by atoms with Crippen LogP contribution in [0.4, 0.5) is 0 Å². The summed E-state index contributed by atoms with van der Waals surface area (Å²) >= 11 is 11.3. The number of nitrogens with one attached hydrogen (secondary N) is 2. The van der Waals surface area contributed by atoms with E-state index in [0.29, 0.717) is 27.2 Å². The van der Waals surface area contributed by atoms with Crippen molar-refractivity contribution in [2.45, 2.75) is 13.0 Å². The summed E-state index contributed by atoms with van der Waals surface area (Å²) in [7, 11) is 2.89. The maximum Gasteiger partial charge on any atom is 0.337 e. The molecular weight excluding hydrogens is 312 g/mol. The lowest BCUT2D eigenvalue weighted by Crippen LogP contribution is -2.45. The molecule has 0 amide bonds. The number of carbonyl (C=O) groups excluding carboxylic acids is 1. The number of thiocarbonyl (C=S) groups is 1. The number of halogens is 1. The van der Waals surface area contributed by atoms with E-state index in [1.54, 1.807) is 26.2 Å². The van der Waals surface area contributed by atoms with Crippen molar-refractivity contribution in [1.29, 1.82) is 0 Å². The number of benzene rings is 1. The lowest BCUT2D eigenvalue weighted by molar-refractivity contribution is -0.136. The molecule has 0 unspecified atom stereocenters. The Morgan fingerprint density at radius 3 is 2.67 bits per heavy atom. The number of methoxy groups -OCH3 is 2. The van der Waals surface area contributed by atoms with Crippen LogP contribution in [0.25, 0.3) is 0 Å². The van der Waals surface area contributed by atoms with Crippen LogP contribution in [0.2, 0.25) is 5.02 Å². The van der Waals surface area contributed by atoms with Gasteiger partial charge in [-0.25, -0.2) is 4.79 Å². The molecule has 1 aliphatic heterocycles. The summed E-state index contributed by atoms with van der Waals surface area (Å²) in [6.45, 7) is 1.78. The van der Waals surface area contributed by atoms with E-state index in [0.717, 1.165) is 5.56 Å². The van der Waals surface area contributed by atoms with Crippen molar-refractivity contribution in [3.63, 3.8) is 0 Å². The minimum absolute atomic E-state index is 0.422. The molecule has 0 saturated heterocycles. The highest BCUT2D eigenvalue weighted by Gasteiger charge is 2.30. The van der Waals surface area contributed by atoms with E-state index < -0.39 is 12.0 Å². The maximum absolute atomic E-state index is 12.0. The van der Waals surface area contributed by atoms with Gasteiger partial charge < -0.3 is 20.1 Å². The minimum Gasteiger partial charge on any atom is -0.495 e. The molecule has 7 heteroatoms. The van der Waals surface area contributed by atoms with E-state index in [1.165, 1.54) is 7.11 Å². The maximum atomic E-state index is 12.0. The van der Waals surface area contributed by atoms with Gasteiger partial charge in [-0.3, -0.25) is 0 Å². The van der Waals surface area contributed by atoms with Crippen molar-refractivity contribution >= 4 is 34.9 Å². The molecular formula is C14H15ClN2O3S. The molecule has 112 valence electrons. The van der Waals surface area contributed by atoms with E-state index in [2.05, 4.69) is 10.6 Å². The fraction of sp³-hybridized carbons (Fsp3) is 0.286. The molecule has 0 aromatic heterocycles. The summed E-state index contributed by atoms with van der Waals surface area (Å²) in [5, 5.41) is 6.88. The zero-order chi connectivity index (χ0) is 15.6. The highest BCUT2D eigenvalue weighted by Crippen LogP contribution is 2.32. The van der Waals surface area contributed by atoms with Crippen molar-refractivity contribution < 1.29 is 14.3 Å². The monoisotopic (exact) mass is 326 g/mol. The molecule has 21 heavy (non-hydrogen) atoms. The van der Waals surface area contributed by atoms with Gasteiger partial charge in [-0.2, -0.15) is 0 Å². The largest absolute Gasteiger partial charge is 0.495 e. The molecule has 0 fully saturated rings. The van der Waals surface area contributed by atoms with Crippen LogP contribution in [0.15, 0.2) is 29.5 Å². The Bertz CT molecular complexity index is 631. The summed E-state index contributed by atoms with van der Waals surface area (Å²) in [5.41, 5.74) is 1.92. The second-order valence-corrected chi connectivity index (χ2v) is 5.27. The second kappa shape index (κ2) is 6.32. The van der Waals surface area contributed by atoms with Crippen LogP contribution >= 0.6 is 23.8 Å². The fourth-order valence-corrected chi connectivity index (χ4v) is 2.72. The average molecular weight is 327 g/mol. The van der Waals surface area contributed by atoms with Crippen LogP contribution < -0.4 is 15.4 Å². The summed E-state index contributed by atoms with van der Waals surface area (Å²) in [6, 6.07) is 4.89. The Morgan fingerprint density at radius 1 is 1.38 bits per heavy atom. The minimum atomic E-state index is -0.424. The molecule has 2 rings (SSSR count). The Balaban J connectivity index is 2.48. The Labute approximate surface area is 133 Å². The zero-order valence-corrected chi connectivity index (χ0v) is 13.4. The first-order chi connectivity index (χ1) is 9.97. The molecule has 1 atom stereocenters. The van der Waals surface area contributed by atoms with Gasteiger partial charge in [-0.15, -0.1) is 0 Å². The normalized spacial score (nSPS) is 17.9. The van der Waals surface area contributed by atoms with Gasteiger partial charge in [-0.1, -0.05) is 17.7 Å². The highest BCUT2D eigenvalue weighted by atomic mass is 35.5. The molecule has 1 aromatic rings. The van der Waals surface area contributed by atoms with Gasteiger partial charge in [0.25, 0.3) is 0 Å². The van der Waals surface area contributed by atoms with Crippen molar-refractivity contribution in [3.05, 3.63) is 40.1 Å². The fourth-order valence-electron chi connectivity index (χ4n) is 2.19. The molecule has 5 nitrogen and oxygen atoms in total. The highest BCUT2D eigenvalue weighted by molar-refractivity contribution is 7.80. The molecule has 0 saturated carbocycles. The van der Waals surface area contributed by atoms with E-state index in [1.807, 2.05) is 6.07 Å². The average Bonchev–Trinajstić information content (AvgIpc) is 2.45. The number of hydrogen-bond acceptors (Lipinski definition) is 4. The van der Waals surface area contributed by atoms with Crippen LogP contribution in [-0.2, 0) is 9.53 Å². The van der Waals surface area contributed by atoms with Crippen LogP contribution in [0.3, 0.4) is 0 Å². The van der Waals surface area contributed by atoms with Gasteiger partial charge >= 0.3 is 5.97 Å². The van der Waals surface area contributed by atoms with Crippen LogP contribution in [0, 0.1) is 0 Å². The van der Waals surface area contributed by atoms with Gasteiger partial charge in [-0.05, 0) is 36.8 Å². The van der Waals surface area contributed by atoms with Gasteiger partial charge in [0.15, 0.2) is 5.11 Å². The van der Waals surface area contributed by atoms with E-state index >= 15 is 0 Å². The van der Waals surface area contributed by atoms with Crippen molar-refractivity contribution in [3.8, 4) is 5.75 Å². The Morgan fingerprint density at radius 2 is 2.10 bits per heavy atom. The third kappa shape index (κ3) is 3.11. The number of allylic oxidation sites excluding steroid dienone is 1. The molecule has 1 aliphatic rings. The molecule has 0 spiro atoms. The summed E-state index contributed by atoms with van der Waals surface area (Å²) in [6.07, 6.45) is 0. The first-order valence-electron chi connectivity index (χ1n) is 6.18. The lowest BCUT2D eigenvalue weighted by Gasteiger charge is -2.29. The number of carbonyl (C=O) groups is 1. The summed E-state index contributed by atoms with van der Waals surface area (Å²) in [4.78, 5) is 12.0. The van der Waals surface area contributed by atoms with E-state index in [-0.39, 0.29) is 0 Å². The van der Waals surface area contributed by atoms with Crippen LogP contribution in [0.5, 0.6) is 5.75 Å². The Hall–Kier alpha value is -1.79. The third-order valence-electron chi connectivity index (χ3n) is 3.18. The van der Waals surface area contributed by atoms with Gasteiger partial charge in [0.1, 0.15) is 5.75 Å². The molecule has 0 bridgehead atoms. The molecule has 2 N–H and O–H groups in total. The van der Waals surface area contributed by atoms with E-state index in [9.17, 15) is 4.79 Å².